The molecule has 106 valence electrons. The van der Waals surface area contributed by atoms with E-state index in [1.807, 2.05) is 23.2 Å². The second-order valence-electron chi connectivity index (χ2n) is 4.66. The van der Waals surface area contributed by atoms with Gasteiger partial charge in [-0.05, 0) is 13.8 Å². The summed E-state index contributed by atoms with van der Waals surface area (Å²) in [6.45, 7) is 5.35. The maximum Gasteiger partial charge on any atom is 0.170 e. The van der Waals surface area contributed by atoms with Crippen LogP contribution in [0.15, 0.2) is 6.33 Å². The van der Waals surface area contributed by atoms with Gasteiger partial charge in [-0.2, -0.15) is 10.2 Å². The third-order valence-corrected chi connectivity index (χ3v) is 3.48. The van der Waals surface area contributed by atoms with Crippen molar-refractivity contribution in [2.24, 2.45) is 7.05 Å². The topological polar surface area (TPSA) is 66.3 Å². The van der Waals surface area contributed by atoms with Gasteiger partial charge in [-0.15, -0.1) is 11.6 Å². The number of nitrogens with zero attached hydrogens (tertiary/aromatic N) is 7. The lowest BCUT2D eigenvalue weighted by molar-refractivity contribution is 0.628. The van der Waals surface area contributed by atoms with Gasteiger partial charge < -0.3 is 4.57 Å². The average Bonchev–Trinajstić information content (AvgIpc) is 3.08. The Morgan fingerprint density at radius 2 is 2.10 bits per heavy atom. The molecule has 0 aromatic carbocycles. The standard InChI is InChI=1S/C12H16ClN7/c1-4-20-12-11(8(2)16-20)15-10(5-13)19(12)6-9-14-7-18(3)17-9/h7H,4-6H2,1-3H3. The number of hydrogen-bond acceptors (Lipinski definition) is 4. The van der Waals surface area contributed by atoms with Crippen molar-refractivity contribution < 1.29 is 0 Å². The van der Waals surface area contributed by atoms with Gasteiger partial charge in [0.2, 0.25) is 0 Å². The minimum atomic E-state index is 0.352. The van der Waals surface area contributed by atoms with Crippen LogP contribution in [0.2, 0.25) is 0 Å². The molecular formula is C12H16ClN7. The quantitative estimate of drug-likeness (QED) is 0.683. The zero-order valence-corrected chi connectivity index (χ0v) is 12.5. The summed E-state index contributed by atoms with van der Waals surface area (Å²) >= 11 is 6.02. The van der Waals surface area contributed by atoms with Crippen LogP contribution in [-0.4, -0.2) is 34.1 Å². The molecule has 0 atom stereocenters. The van der Waals surface area contributed by atoms with Gasteiger partial charge in [0, 0.05) is 13.6 Å². The number of rotatable bonds is 4. The molecule has 0 spiro atoms. The van der Waals surface area contributed by atoms with E-state index in [-0.39, 0.29) is 0 Å². The first kappa shape index (κ1) is 13.1. The van der Waals surface area contributed by atoms with Crippen molar-refractivity contribution >= 4 is 22.8 Å². The first-order valence-electron chi connectivity index (χ1n) is 6.47. The van der Waals surface area contributed by atoms with Gasteiger partial charge in [-0.25, -0.2) is 14.6 Å². The van der Waals surface area contributed by atoms with E-state index >= 15 is 0 Å². The molecule has 0 radical (unpaired) electrons. The van der Waals surface area contributed by atoms with Gasteiger partial charge in [0.25, 0.3) is 0 Å². The van der Waals surface area contributed by atoms with Crippen LogP contribution < -0.4 is 0 Å². The Balaban J connectivity index is 2.16. The fourth-order valence-corrected chi connectivity index (χ4v) is 2.56. The average molecular weight is 294 g/mol. The van der Waals surface area contributed by atoms with Gasteiger partial charge in [0.05, 0.1) is 18.1 Å². The number of alkyl halides is 1. The van der Waals surface area contributed by atoms with Crippen molar-refractivity contribution in [3.63, 3.8) is 0 Å². The number of halogens is 1. The highest BCUT2D eigenvalue weighted by Gasteiger charge is 2.18. The molecule has 3 aromatic rings. The molecule has 0 saturated carbocycles. The lowest BCUT2D eigenvalue weighted by Crippen LogP contribution is -2.10. The zero-order valence-electron chi connectivity index (χ0n) is 11.7. The molecule has 0 N–H and O–H groups in total. The molecule has 3 aromatic heterocycles. The number of aromatic nitrogens is 7. The van der Waals surface area contributed by atoms with E-state index in [1.54, 1.807) is 11.0 Å². The minimum Gasteiger partial charge on any atom is -0.304 e. The number of aryl methyl sites for hydroxylation is 3. The smallest absolute Gasteiger partial charge is 0.170 e. The van der Waals surface area contributed by atoms with Gasteiger partial charge in [0.1, 0.15) is 17.7 Å². The summed E-state index contributed by atoms with van der Waals surface area (Å²) < 4.78 is 5.67. The Bertz CT molecular complexity index is 751. The maximum atomic E-state index is 6.02. The van der Waals surface area contributed by atoms with Crippen LogP contribution >= 0.6 is 11.6 Å². The second kappa shape index (κ2) is 4.90. The third kappa shape index (κ3) is 1.98. The predicted molar refractivity (Wildman–Crippen MR) is 75.6 cm³/mol. The first-order chi connectivity index (χ1) is 9.63. The summed E-state index contributed by atoms with van der Waals surface area (Å²) in [6, 6.07) is 0. The van der Waals surface area contributed by atoms with Crippen molar-refractivity contribution in [1.29, 1.82) is 0 Å². The third-order valence-electron chi connectivity index (χ3n) is 3.24. The van der Waals surface area contributed by atoms with Crippen LogP contribution in [0.25, 0.3) is 11.2 Å². The fourth-order valence-electron chi connectivity index (χ4n) is 2.36. The Morgan fingerprint density at radius 1 is 1.30 bits per heavy atom. The van der Waals surface area contributed by atoms with E-state index in [0.717, 1.165) is 35.1 Å². The van der Waals surface area contributed by atoms with Crippen molar-refractivity contribution in [3.05, 3.63) is 23.7 Å². The van der Waals surface area contributed by atoms with Crippen LogP contribution in [0.4, 0.5) is 0 Å². The SMILES string of the molecule is CCn1nc(C)c2nc(CCl)n(Cc3ncn(C)n3)c21. The highest BCUT2D eigenvalue weighted by molar-refractivity contribution is 6.16. The molecule has 0 aliphatic carbocycles. The molecular weight excluding hydrogens is 278 g/mol. The Labute approximate surface area is 121 Å². The van der Waals surface area contributed by atoms with E-state index in [9.17, 15) is 0 Å². The molecule has 0 aliphatic heterocycles. The Morgan fingerprint density at radius 3 is 2.70 bits per heavy atom. The highest BCUT2D eigenvalue weighted by Crippen LogP contribution is 2.21. The van der Waals surface area contributed by atoms with Gasteiger partial charge in [-0.3, -0.25) is 4.68 Å². The number of fused-ring (bicyclic) bond motifs is 1. The van der Waals surface area contributed by atoms with Gasteiger partial charge in [-0.1, -0.05) is 0 Å². The predicted octanol–water partition coefficient (Wildman–Crippen LogP) is 1.48. The summed E-state index contributed by atoms with van der Waals surface area (Å²) in [4.78, 5) is 8.85. The highest BCUT2D eigenvalue weighted by atomic mass is 35.5. The molecule has 20 heavy (non-hydrogen) atoms. The van der Waals surface area contributed by atoms with E-state index in [0.29, 0.717) is 12.4 Å². The van der Waals surface area contributed by atoms with E-state index in [2.05, 4.69) is 27.1 Å². The summed E-state index contributed by atoms with van der Waals surface area (Å²) in [7, 11) is 1.85. The maximum absolute atomic E-state index is 6.02. The molecule has 0 unspecified atom stereocenters. The molecule has 3 heterocycles. The summed E-state index contributed by atoms with van der Waals surface area (Å²) in [5.74, 6) is 1.90. The van der Waals surface area contributed by atoms with Crippen LogP contribution in [0.1, 0.15) is 24.3 Å². The second-order valence-corrected chi connectivity index (χ2v) is 4.92. The van der Waals surface area contributed by atoms with Crippen LogP contribution in [0, 0.1) is 6.92 Å². The van der Waals surface area contributed by atoms with E-state index in [4.69, 9.17) is 11.6 Å². The van der Waals surface area contributed by atoms with Crippen molar-refractivity contribution in [1.82, 2.24) is 34.1 Å². The van der Waals surface area contributed by atoms with Crippen LogP contribution in [0.5, 0.6) is 0 Å². The first-order valence-corrected chi connectivity index (χ1v) is 7.00. The number of hydrogen-bond donors (Lipinski definition) is 0. The fraction of sp³-hybridized carbons (Fsp3) is 0.500. The summed E-state index contributed by atoms with van der Waals surface area (Å²) in [5, 5.41) is 8.81. The Kier molecular flexibility index (Phi) is 3.21. The molecule has 8 heteroatoms. The molecule has 0 bridgehead atoms. The largest absolute Gasteiger partial charge is 0.304 e. The van der Waals surface area contributed by atoms with E-state index in [1.165, 1.54) is 0 Å². The lowest BCUT2D eigenvalue weighted by atomic mass is 10.4. The lowest BCUT2D eigenvalue weighted by Gasteiger charge is -2.06. The normalized spacial score (nSPS) is 11.6. The van der Waals surface area contributed by atoms with Gasteiger partial charge in [0.15, 0.2) is 11.5 Å². The minimum absolute atomic E-state index is 0.352. The van der Waals surface area contributed by atoms with Crippen molar-refractivity contribution in [2.75, 3.05) is 0 Å². The molecule has 0 fully saturated rings. The van der Waals surface area contributed by atoms with Gasteiger partial charge >= 0.3 is 0 Å². The summed E-state index contributed by atoms with van der Waals surface area (Å²) in [5.41, 5.74) is 2.80. The van der Waals surface area contributed by atoms with Crippen LogP contribution in [-0.2, 0) is 26.0 Å². The van der Waals surface area contributed by atoms with Crippen molar-refractivity contribution in [2.45, 2.75) is 32.8 Å². The zero-order chi connectivity index (χ0) is 14.3. The van der Waals surface area contributed by atoms with Crippen molar-refractivity contribution in [3.8, 4) is 0 Å². The monoisotopic (exact) mass is 293 g/mol. The molecule has 7 nitrogen and oxygen atoms in total. The summed E-state index contributed by atoms with van der Waals surface area (Å²) in [6.07, 6.45) is 1.69. The number of imidazole rings is 1. The molecule has 0 saturated heterocycles. The van der Waals surface area contributed by atoms with Crippen LogP contribution in [0.3, 0.4) is 0 Å². The molecule has 0 aliphatic rings. The molecule has 3 rings (SSSR count). The Hall–Kier alpha value is -1.89. The van der Waals surface area contributed by atoms with E-state index < -0.39 is 0 Å². The molecule has 0 amide bonds.